The Bertz CT molecular complexity index is 1130. The molecule has 1 aromatic heterocycles. The molecule has 0 spiro atoms. The summed E-state index contributed by atoms with van der Waals surface area (Å²) in [4.78, 5) is 35.9. The lowest BCUT2D eigenvalue weighted by Crippen LogP contribution is -2.10. The van der Waals surface area contributed by atoms with Crippen LogP contribution in [0.1, 0.15) is 13.8 Å². The molecule has 0 fully saturated rings. The third-order valence-electron chi connectivity index (χ3n) is 3.74. The minimum absolute atomic E-state index is 0.0376. The van der Waals surface area contributed by atoms with E-state index in [4.69, 9.17) is 23.4 Å². The second-order valence-corrected chi connectivity index (χ2v) is 5.59. The van der Waals surface area contributed by atoms with Crippen molar-refractivity contribution in [1.29, 1.82) is 0 Å². The summed E-state index contributed by atoms with van der Waals surface area (Å²) in [5.74, 6) is -0.651. The number of carbonyl (C=O) groups is 2. The molecule has 8 nitrogen and oxygen atoms in total. The number of hydrogen-bond donors (Lipinski definition) is 0. The topological polar surface area (TPSA) is 101 Å². The highest BCUT2D eigenvalue weighted by atomic mass is 16.6. The number of rotatable bonds is 4. The number of benzene rings is 2. The van der Waals surface area contributed by atoms with Gasteiger partial charge in [-0.25, -0.2) is 0 Å². The van der Waals surface area contributed by atoms with E-state index >= 15 is 0 Å². The molecule has 8 heteroatoms. The van der Waals surface area contributed by atoms with Gasteiger partial charge in [0.15, 0.2) is 11.5 Å². The highest BCUT2D eigenvalue weighted by Crippen LogP contribution is 2.38. The summed E-state index contributed by atoms with van der Waals surface area (Å²) in [6.07, 6.45) is 0. The van der Waals surface area contributed by atoms with Crippen molar-refractivity contribution in [2.45, 2.75) is 13.8 Å². The smallest absolute Gasteiger partial charge is 0.308 e. The predicted octanol–water partition coefficient (Wildman–Crippen LogP) is 2.81. The fourth-order valence-corrected chi connectivity index (χ4v) is 2.75. The van der Waals surface area contributed by atoms with Gasteiger partial charge >= 0.3 is 11.9 Å². The van der Waals surface area contributed by atoms with Crippen LogP contribution in [-0.2, 0) is 9.59 Å². The van der Waals surface area contributed by atoms with Gasteiger partial charge in [0.1, 0.15) is 33.4 Å². The fourth-order valence-electron chi connectivity index (χ4n) is 2.75. The van der Waals surface area contributed by atoms with E-state index in [9.17, 15) is 14.4 Å². The minimum atomic E-state index is -0.613. The second kappa shape index (κ2) is 6.99. The number of carbonyl (C=O) groups excluding carboxylic acids is 2. The van der Waals surface area contributed by atoms with Crippen LogP contribution in [0.4, 0.5) is 0 Å². The van der Waals surface area contributed by atoms with Gasteiger partial charge in [-0.2, -0.15) is 0 Å². The van der Waals surface area contributed by atoms with Crippen molar-refractivity contribution >= 4 is 33.9 Å². The first-order chi connectivity index (χ1) is 12.8. The van der Waals surface area contributed by atoms with Gasteiger partial charge in [-0.1, -0.05) is 0 Å². The summed E-state index contributed by atoms with van der Waals surface area (Å²) in [6.45, 7) is 2.47. The van der Waals surface area contributed by atoms with E-state index in [0.717, 1.165) is 0 Å². The van der Waals surface area contributed by atoms with Crippen LogP contribution in [0, 0.1) is 0 Å². The molecule has 0 aliphatic rings. The van der Waals surface area contributed by atoms with Gasteiger partial charge in [-0.3, -0.25) is 14.4 Å². The predicted molar refractivity (Wildman–Crippen MR) is 95.7 cm³/mol. The average Bonchev–Trinajstić information content (AvgIpc) is 2.60. The third-order valence-corrected chi connectivity index (χ3v) is 3.74. The SMILES string of the molecule is COc1ccc2oc3cc(OC(C)=O)cc(OC)c3c(=O)c2c1OC(C)=O. The molecule has 0 unspecified atom stereocenters. The van der Waals surface area contributed by atoms with Crippen LogP contribution in [0.5, 0.6) is 23.0 Å². The molecule has 27 heavy (non-hydrogen) atoms. The molecule has 3 aromatic rings. The van der Waals surface area contributed by atoms with Crippen molar-refractivity contribution in [2.75, 3.05) is 14.2 Å². The summed E-state index contributed by atoms with van der Waals surface area (Å²) in [6, 6.07) is 5.85. The van der Waals surface area contributed by atoms with E-state index in [1.54, 1.807) is 0 Å². The van der Waals surface area contributed by atoms with Gasteiger partial charge in [-0.15, -0.1) is 0 Å². The van der Waals surface area contributed by atoms with Gasteiger partial charge in [0.05, 0.1) is 14.2 Å². The molecule has 0 aliphatic carbocycles. The molecule has 0 bridgehead atoms. The number of esters is 2. The van der Waals surface area contributed by atoms with E-state index in [-0.39, 0.29) is 44.9 Å². The molecule has 2 aromatic carbocycles. The molecule has 0 atom stereocenters. The molecule has 0 saturated heterocycles. The summed E-state index contributed by atoms with van der Waals surface area (Å²) in [7, 11) is 2.76. The van der Waals surface area contributed by atoms with Gasteiger partial charge < -0.3 is 23.4 Å². The van der Waals surface area contributed by atoms with E-state index in [0.29, 0.717) is 0 Å². The number of hydrogen-bond acceptors (Lipinski definition) is 8. The van der Waals surface area contributed by atoms with Crippen LogP contribution in [0.25, 0.3) is 21.9 Å². The molecule has 0 aliphatic heterocycles. The zero-order valence-corrected chi connectivity index (χ0v) is 15.1. The maximum Gasteiger partial charge on any atom is 0.308 e. The first-order valence-electron chi connectivity index (χ1n) is 7.88. The normalized spacial score (nSPS) is 10.7. The summed E-state index contributed by atoms with van der Waals surface area (Å²) in [5, 5.41) is 0.151. The molecule has 3 rings (SSSR count). The standard InChI is InChI=1S/C19H16O8/c1-9(20)25-11-7-14(24-4)16-15(8-11)27-12-5-6-13(23-3)19(26-10(2)21)17(12)18(16)22/h5-8H,1-4H3. The fraction of sp³-hybridized carbons (Fsp3) is 0.211. The van der Waals surface area contributed by atoms with Crippen molar-refractivity contribution < 1.29 is 33.0 Å². The average molecular weight is 372 g/mol. The van der Waals surface area contributed by atoms with E-state index in [1.807, 2.05) is 0 Å². The Balaban J connectivity index is 2.43. The highest BCUT2D eigenvalue weighted by Gasteiger charge is 2.21. The van der Waals surface area contributed by atoms with E-state index < -0.39 is 17.4 Å². The van der Waals surface area contributed by atoms with Gasteiger partial charge in [-0.05, 0) is 12.1 Å². The second-order valence-electron chi connectivity index (χ2n) is 5.59. The van der Waals surface area contributed by atoms with Crippen molar-refractivity contribution in [3.63, 3.8) is 0 Å². The third kappa shape index (κ3) is 3.29. The van der Waals surface area contributed by atoms with Crippen LogP contribution in [0.2, 0.25) is 0 Å². The maximum absolute atomic E-state index is 13.2. The zero-order valence-electron chi connectivity index (χ0n) is 15.1. The number of ether oxygens (including phenoxy) is 4. The Morgan fingerprint density at radius 1 is 0.852 bits per heavy atom. The Labute approximate surface area is 153 Å². The lowest BCUT2D eigenvalue weighted by atomic mass is 10.1. The molecular formula is C19H16O8. The maximum atomic E-state index is 13.2. The van der Waals surface area contributed by atoms with Crippen LogP contribution < -0.4 is 24.4 Å². The molecule has 1 heterocycles. The van der Waals surface area contributed by atoms with Crippen LogP contribution in [0.15, 0.2) is 33.5 Å². The summed E-state index contributed by atoms with van der Waals surface area (Å²) < 4.78 is 26.5. The molecule has 140 valence electrons. The molecule has 0 saturated carbocycles. The van der Waals surface area contributed by atoms with Gasteiger partial charge in [0.2, 0.25) is 5.43 Å². The van der Waals surface area contributed by atoms with E-state index in [2.05, 4.69) is 0 Å². The summed E-state index contributed by atoms with van der Waals surface area (Å²) >= 11 is 0. The van der Waals surface area contributed by atoms with Gasteiger partial charge in [0.25, 0.3) is 0 Å². The Hall–Kier alpha value is -3.55. The molecule has 0 amide bonds. The lowest BCUT2D eigenvalue weighted by Gasteiger charge is -2.12. The first-order valence-corrected chi connectivity index (χ1v) is 7.88. The molecule has 0 N–H and O–H groups in total. The van der Waals surface area contributed by atoms with E-state index in [1.165, 1.54) is 52.3 Å². The Morgan fingerprint density at radius 3 is 2.11 bits per heavy atom. The lowest BCUT2D eigenvalue weighted by molar-refractivity contribution is -0.132. The van der Waals surface area contributed by atoms with Crippen molar-refractivity contribution in [3.8, 4) is 23.0 Å². The zero-order chi connectivity index (χ0) is 19.7. The first kappa shape index (κ1) is 18.2. The van der Waals surface area contributed by atoms with Crippen molar-refractivity contribution in [2.24, 2.45) is 0 Å². The quantitative estimate of drug-likeness (QED) is 0.391. The van der Waals surface area contributed by atoms with Gasteiger partial charge in [0, 0.05) is 26.0 Å². The summed E-state index contributed by atoms with van der Waals surface area (Å²) in [5.41, 5.74) is -0.152. The molecule has 0 radical (unpaired) electrons. The van der Waals surface area contributed by atoms with Crippen LogP contribution in [-0.4, -0.2) is 26.2 Å². The van der Waals surface area contributed by atoms with Crippen molar-refractivity contribution in [1.82, 2.24) is 0 Å². The van der Waals surface area contributed by atoms with Crippen LogP contribution in [0.3, 0.4) is 0 Å². The highest BCUT2D eigenvalue weighted by molar-refractivity contribution is 5.98. The van der Waals surface area contributed by atoms with Crippen molar-refractivity contribution in [3.05, 3.63) is 34.5 Å². The Morgan fingerprint density at radius 2 is 1.52 bits per heavy atom. The van der Waals surface area contributed by atoms with Crippen LogP contribution >= 0.6 is 0 Å². The monoisotopic (exact) mass is 372 g/mol. The minimum Gasteiger partial charge on any atom is -0.496 e. The largest absolute Gasteiger partial charge is 0.496 e. The Kier molecular flexibility index (Phi) is 4.72. The number of methoxy groups -OCH3 is 2. The number of fused-ring (bicyclic) bond motifs is 2. The molecular weight excluding hydrogens is 356 g/mol.